The summed E-state index contributed by atoms with van der Waals surface area (Å²) in [6.45, 7) is 1.79. The van der Waals surface area contributed by atoms with E-state index in [1.54, 1.807) is 6.92 Å². The van der Waals surface area contributed by atoms with Gasteiger partial charge in [0.15, 0.2) is 0 Å². The van der Waals surface area contributed by atoms with E-state index in [9.17, 15) is 4.79 Å². The largest absolute Gasteiger partial charge is 0.402 e. The van der Waals surface area contributed by atoms with Crippen LogP contribution in [0.15, 0.2) is 91.3 Å². The molecule has 3 aromatic rings. The molecule has 0 radical (unpaired) electrons. The van der Waals surface area contributed by atoms with Gasteiger partial charge in [-0.2, -0.15) is 0 Å². The molecule has 0 unspecified atom stereocenters. The fraction of sp³-hybridized carbons (Fsp3) is 0.0952. The number of hydrogen-bond acceptors (Lipinski definition) is 2. The first-order chi connectivity index (χ1) is 15.4. The quantitative estimate of drug-likeness (QED) is 0.255. The summed E-state index contributed by atoms with van der Waals surface area (Å²) in [6.07, 6.45) is 0.220. The molecular weight excluding hydrogens is 1040 g/mol. The van der Waals surface area contributed by atoms with Gasteiger partial charge in [0, 0.05) is 57.0 Å². The van der Waals surface area contributed by atoms with Crippen molar-refractivity contribution in [3.05, 3.63) is 76.7 Å². The highest BCUT2D eigenvalue weighted by atomic mass is 79.9. The summed E-state index contributed by atoms with van der Waals surface area (Å²) >= 11 is 33.2. The van der Waals surface area contributed by atoms with E-state index in [1.165, 1.54) is 0 Å². The standard InChI is InChI=1S/C21H11Br9O2S/c1-2-18(31)32-33(19-12(25)3-9(22)4-13(19)26,20-14(27)5-10(23)6-15(20)28)21-16(29)7-11(24)8-17(21)30/h3-8H,2H2,1H3. The Hall–Kier alpha value is 1.80. The molecule has 3 aromatic carbocycles. The zero-order valence-corrected chi connectivity index (χ0v) is 31.4. The Labute approximate surface area is 269 Å². The number of hydrogen-bond donors (Lipinski definition) is 0. The van der Waals surface area contributed by atoms with Gasteiger partial charge in [-0.3, -0.25) is 4.79 Å². The number of carbonyl (C=O) groups excluding carboxylic acids is 1. The lowest BCUT2D eigenvalue weighted by Crippen LogP contribution is -2.16. The van der Waals surface area contributed by atoms with Crippen LogP contribution in [0.3, 0.4) is 0 Å². The second kappa shape index (κ2) is 12.1. The van der Waals surface area contributed by atoms with Crippen LogP contribution < -0.4 is 0 Å². The third-order valence-corrected chi connectivity index (χ3v) is 14.4. The second-order valence-corrected chi connectivity index (χ2v) is 16.8. The molecular formula is C21H11Br9O2S. The van der Waals surface area contributed by atoms with Crippen molar-refractivity contribution in [3.63, 3.8) is 0 Å². The van der Waals surface area contributed by atoms with Gasteiger partial charge in [-0.05, 0) is 132 Å². The SMILES string of the molecule is CCC(=O)OS(c1c(Br)cc(Br)cc1Br)(c1c(Br)cc(Br)cc1Br)c1c(Br)cc(Br)cc1Br. The van der Waals surface area contributed by atoms with Crippen molar-refractivity contribution >= 4 is 160 Å². The lowest BCUT2D eigenvalue weighted by molar-refractivity contribution is -0.133. The average Bonchev–Trinajstić information content (AvgIpc) is 2.65. The van der Waals surface area contributed by atoms with Crippen LogP contribution in [-0.4, -0.2) is 5.97 Å². The molecule has 0 saturated heterocycles. The Morgan fingerprint density at radius 2 is 0.848 bits per heavy atom. The van der Waals surface area contributed by atoms with Gasteiger partial charge in [0.05, 0.1) is 14.7 Å². The zero-order valence-electron chi connectivity index (χ0n) is 16.3. The predicted molar refractivity (Wildman–Crippen MR) is 167 cm³/mol. The normalized spacial score (nSPS) is 12.1. The van der Waals surface area contributed by atoms with E-state index < -0.39 is 10.3 Å². The summed E-state index contributed by atoms with van der Waals surface area (Å²) in [5.41, 5.74) is 0. The molecule has 0 N–H and O–H groups in total. The Morgan fingerprint density at radius 1 is 0.606 bits per heavy atom. The number of rotatable bonds is 5. The topological polar surface area (TPSA) is 26.3 Å². The molecule has 0 saturated carbocycles. The van der Waals surface area contributed by atoms with Crippen LogP contribution in [0.1, 0.15) is 13.3 Å². The van der Waals surface area contributed by atoms with Crippen molar-refractivity contribution in [2.24, 2.45) is 0 Å². The summed E-state index contributed by atoms with van der Waals surface area (Å²) < 4.78 is 13.9. The first kappa shape index (κ1) is 29.4. The van der Waals surface area contributed by atoms with Crippen molar-refractivity contribution in [3.8, 4) is 0 Å². The summed E-state index contributed by atoms with van der Waals surface area (Å²) in [7, 11) is -2.67. The molecule has 0 aromatic heterocycles. The van der Waals surface area contributed by atoms with Crippen molar-refractivity contribution in [1.82, 2.24) is 0 Å². The molecule has 0 atom stereocenters. The fourth-order valence-electron chi connectivity index (χ4n) is 3.04. The van der Waals surface area contributed by atoms with Gasteiger partial charge >= 0.3 is 5.97 Å². The summed E-state index contributed by atoms with van der Waals surface area (Å²) in [4.78, 5) is 15.5. The van der Waals surface area contributed by atoms with Crippen LogP contribution in [-0.2, 0) is 8.98 Å². The smallest absolute Gasteiger partial charge is 0.316 e. The highest BCUT2D eigenvalue weighted by Gasteiger charge is 2.44. The van der Waals surface area contributed by atoms with E-state index in [1.807, 2.05) is 36.4 Å². The van der Waals surface area contributed by atoms with E-state index in [-0.39, 0.29) is 12.4 Å². The van der Waals surface area contributed by atoms with Gasteiger partial charge in [-0.1, -0.05) is 54.7 Å². The minimum Gasteiger partial charge on any atom is -0.402 e. The average molecular weight is 1050 g/mol. The van der Waals surface area contributed by atoms with E-state index >= 15 is 0 Å². The maximum absolute atomic E-state index is 13.1. The van der Waals surface area contributed by atoms with Gasteiger partial charge in [0.25, 0.3) is 0 Å². The summed E-state index contributed by atoms with van der Waals surface area (Å²) in [5.74, 6) is -0.324. The van der Waals surface area contributed by atoms with E-state index in [0.29, 0.717) is 0 Å². The molecule has 12 heteroatoms. The first-order valence-corrected chi connectivity index (χ1v) is 17.6. The Balaban J connectivity index is 2.67. The van der Waals surface area contributed by atoms with Crippen LogP contribution in [0.5, 0.6) is 0 Å². The highest BCUT2D eigenvalue weighted by molar-refractivity contribution is 9.12. The van der Waals surface area contributed by atoms with E-state index in [0.717, 1.165) is 54.9 Å². The highest BCUT2D eigenvalue weighted by Crippen LogP contribution is 2.77. The molecule has 0 amide bonds. The van der Waals surface area contributed by atoms with Crippen LogP contribution >= 0.6 is 154 Å². The fourth-order valence-corrected chi connectivity index (χ4v) is 17.2. The lowest BCUT2D eigenvalue weighted by Gasteiger charge is -2.43. The number of carbonyl (C=O) groups is 1. The van der Waals surface area contributed by atoms with E-state index in [4.69, 9.17) is 4.18 Å². The monoisotopic (exact) mass is 1040 g/mol. The van der Waals surface area contributed by atoms with Gasteiger partial charge in [-0.25, -0.2) is 0 Å². The van der Waals surface area contributed by atoms with Gasteiger partial charge < -0.3 is 4.18 Å². The maximum Gasteiger partial charge on any atom is 0.316 e. The summed E-state index contributed by atoms with van der Waals surface area (Å²) in [5, 5.41) is 0. The number of halogens is 9. The number of benzene rings is 3. The van der Waals surface area contributed by atoms with Crippen molar-refractivity contribution in [2.45, 2.75) is 28.0 Å². The van der Waals surface area contributed by atoms with E-state index in [2.05, 4.69) is 143 Å². The van der Waals surface area contributed by atoms with Crippen molar-refractivity contribution < 1.29 is 8.98 Å². The molecule has 33 heavy (non-hydrogen) atoms. The summed E-state index contributed by atoms with van der Waals surface area (Å²) in [6, 6.07) is 11.7. The predicted octanol–water partition coefficient (Wildman–Crippen LogP) is 12.7. The molecule has 0 aliphatic rings. The Kier molecular flexibility index (Phi) is 10.8. The van der Waals surface area contributed by atoms with Crippen molar-refractivity contribution in [2.75, 3.05) is 0 Å². The van der Waals surface area contributed by atoms with Gasteiger partial charge in [-0.15, -0.1) is 0 Å². The molecule has 3 rings (SSSR count). The Bertz CT molecular complexity index is 1050. The molecule has 0 aliphatic heterocycles. The molecule has 0 spiro atoms. The molecule has 0 bridgehead atoms. The van der Waals surface area contributed by atoms with Crippen LogP contribution in [0, 0.1) is 0 Å². The van der Waals surface area contributed by atoms with Gasteiger partial charge in [0.1, 0.15) is 0 Å². The minimum atomic E-state index is -2.67. The zero-order chi connectivity index (χ0) is 24.7. The van der Waals surface area contributed by atoms with Crippen LogP contribution in [0.25, 0.3) is 0 Å². The third-order valence-electron chi connectivity index (χ3n) is 4.26. The molecule has 0 aliphatic carbocycles. The Morgan fingerprint density at radius 3 is 1.06 bits per heavy atom. The molecule has 0 heterocycles. The molecule has 176 valence electrons. The first-order valence-electron chi connectivity index (χ1n) is 8.91. The molecule has 0 fully saturated rings. The van der Waals surface area contributed by atoms with Crippen molar-refractivity contribution in [1.29, 1.82) is 0 Å². The second-order valence-electron chi connectivity index (χ2n) is 6.46. The van der Waals surface area contributed by atoms with Crippen LogP contribution in [0.4, 0.5) is 0 Å². The van der Waals surface area contributed by atoms with Gasteiger partial charge in [0.2, 0.25) is 0 Å². The maximum atomic E-state index is 13.1. The lowest BCUT2D eigenvalue weighted by atomic mass is 10.3. The minimum absolute atomic E-state index is 0.220. The third kappa shape index (κ3) is 6.11. The van der Waals surface area contributed by atoms with Crippen LogP contribution in [0.2, 0.25) is 0 Å². The molecule has 2 nitrogen and oxygen atoms in total.